The Labute approximate surface area is 87.8 Å². The zero-order chi connectivity index (χ0) is 10.1. The van der Waals surface area contributed by atoms with E-state index in [2.05, 4.69) is 37.0 Å². The number of aryl methyl sites for hydroxylation is 1. The van der Waals surface area contributed by atoms with Crippen molar-refractivity contribution >= 4 is 21.6 Å². The highest BCUT2D eigenvalue weighted by atomic mass is 32.1. The van der Waals surface area contributed by atoms with Crippen molar-refractivity contribution < 1.29 is 0 Å². The van der Waals surface area contributed by atoms with Crippen LogP contribution in [0, 0.1) is 6.92 Å². The summed E-state index contributed by atoms with van der Waals surface area (Å²) >= 11 is 1.75. The highest BCUT2D eigenvalue weighted by molar-refractivity contribution is 7.18. The summed E-state index contributed by atoms with van der Waals surface area (Å²) in [6.07, 6.45) is 0. The fraction of sp³-hybridized carbons (Fsp3) is 0.364. The van der Waals surface area contributed by atoms with Gasteiger partial charge < -0.3 is 5.73 Å². The number of nitrogens with two attached hydrogens (primary N) is 1. The lowest BCUT2D eigenvalue weighted by Crippen LogP contribution is -2.08. The molecule has 2 N–H and O–H groups in total. The molecule has 2 nitrogen and oxygen atoms in total. The summed E-state index contributed by atoms with van der Waals surface area (Å²) in [4.78, 5) is 4.62. The van der Waals surface area contributed by atoms with E-state index in [1.807, 2.05) is 0 Å². The van der Waals surface area contributed by atoms with Gasteiger partial charge in [-0.05, 0) is 18.6 Å². The van der Waals surface area contributed by atoms with Crippen molar-refractivity contribution in [3.8, 4) is 0 Å². The van der Waals surface area contributed by atoms with E-state index in [0.717, 1.165) is 10.5 Å². The molecule has 74 valence electrons. The SMILES string of the molecule is Cc1cccc2sc(C(C)CN)nc12. The molecule has 14 heavy (non-hydrogen) atoms. The largest absolute Gasteiger partial charge is 0.330 e. The van der Waals surface area contributed by atoms with Crippen LogP contribution >= 0.6 is 11.3 Å². The number of thiazole rings is 1. The Bertz CT molecular complexity index is 447. The maximum atomic E-state index is 5.63. The third-order valence-electron chi connectivity index (χ3n) is 2.41. The quantitative estimate of drug-likeness (QED) is 0.820. The van der Waals surface area contributed by atoms with Gasteiger partial charge in [0, 0.05) is 12.5 Å². The van der Waals surface area contributed by atoms with E-state index in [9.17, 15) is 0 Å². The molecule has 0 fully saturated rings. The van der Waals surface area contributed by atoms with Gasteiger partial charge in [-0.15, -0.1) is 11.3 Å². The topological polar surface area (TPSA) is 38.9 Å². The molecule has 1 aromatic heterocycles. The molecular formula is C11H14N2S. The molecule has 0 aliphatic carbocycles. The van der Waals surface area contributed by atoms with Crippen LogP contribution in [0.2, 0.25) is 0 Å². The van der Waals surface area contributed by atoms with Crippen LogP contribution in [0.1, 0.15) is 23.4 Å². The molecule has 3 heteroatoms. The second kappa shape index (κ2) is 3.67. The number of benzene rings is 1. The van der Waals surface area contributed by atoms with E-state index in [1.54, 1.807) is 11.3 Å². The summed E-state index contributed by atoms with van der Waals surface area (Å²) in [7, 11) is 0. The van der Waals surface area contributed by atoms with Gasteiger partial charge in [-0.3, -0.25) is 0 Å². The minimum atomic E-state index is 0.367. The van der Waals surface area contributed by atoms with Gasteiger partial charge in [0.25, 0.3) is 0 Å². The molecule has 1 heterocycles. The van der Waals surface area contributed by atoms with Gasteiger partial charge in [0.1, 0.15) is 0 Å². The van der Waals surface area contributed by atoms with Gasteiger partial charge in [0.2, 0.25) is 0 Å². The van der Waals surface area contributed by atoms with E-state index in [4.69, 9.17) is 5.73 Å². The fourth-order valence-electron chi connectivity index (χ4n) is 1.41. The summed E-state index contributed by atoms with van der Waals surface area (Å²) in [5.74, 6) is 0.367. The number of hydrogen-bond acceptors (Lipinski definition) is 3. The van der Waals surface area contributed by atoms with Crippen molar-refractivity contribution in [1.29, 1.82) is 0 Å². The van der Waals surface area contributed by atoms with Gasteiger partial charge in [-0.1, -0.05) is 19.1 Å². The molecule has 0 saturated carbocycles. The minimum absolute atomic E-state index is 0.367. The van der Waals surface area contributed by atoms with E-state index in [-0.39, 0.29) is 0 Å². The zero-order valence-electron chi connectivity index (χ0n) is 8.45. The van der Waals surface area contributed by atoms with E-state index in [1.165, 1.54) is 10.3 Å². The Morgan fingerprint density at radius 3 is 2.93 bits per heavy atom. The molecule has 0 saturated heterocycles. The number of nitrogens with zero attached hydrogens (tertiary/aromatic N) is 1. The maximum Gasteiger partial charge on any atom is 0.0979 e. The Morgan fingerprint density at radius 2 is 2.29 bits per heavy atom. The first-order chi connectivity index (χ1) is 6.72. The average molecular weight is 206 g/mol. The predicted molar refractivity (Wildman–Crippen MR) is 61.8 cm³/mol. The zero-order valence-corrected chi connectivity index (χ0v) is 9.27. The number of para-hydroxylation sites is 1. The lowest BCUT2D eigenvalue weighted by atomic mass is 10.2. The summed E-state index contributed by atoms with van der Waals surface area (Å²) in [5.41, 5.74) is 8.01. The Kier molecular flexibility index (Phi) is 2.52. The van der Waals surface area contributed by atoms with Crippen molar-refractivity contribution in [3.05, 3.63) is 28.8 Å². The van der Waals surface area contributed by atoms with Crippen LogP contribution in [0.15, 0.2) is 18.2 Å². The second-order valence-electron chi connectivity index (χ2n) is 3.61. The van der Waals surface area contributed by atoms with Crippen LogP contribution in [0.5, 0.6) is 0 Å². The molecule has 0 radical (unpaired) electrons. The maximum absolute atomic E-state index is 5.63. The highest BCUT2D eigenvalue weighted by Gasteiger charge is 2.10. The first kappa shape index (κ1) is 9.62. The fourth-order valence-corrected chi connectivity index (χ4v) is 2.52. The van der Waals surface area contributed by atoms with Crippen molar-refractivity contribution in [2.45, 2.75) is 19.8 Å². The van der Waals surface area contributed by atoms with E-state index >= 15 is 0 Å². The Morgan fingerprint density at radius 1 is 1.50 bits per heavy atom. The standard InChI is InChI=1S/C11H14N2S/c1-7-4-3-5-9-10(7)13-11(14-9)8(2)6-12/h3-5,8H,6,12H2,1-2H3. The molecule has 0 amide bonds. The van der Waals surface area contributed by atoms with E-state index in [0.29, 0.717) is 12.5 Å². The van der Waals surface area contributed by atoms with Crippen LogP contribution in [-0.4, -0.2) is 11.5 Å². The third-order valence-corrected chi connectivity index (χ3v) is 3.66. The van der Waals surface area contributed by atoms with E-state index < -0.39 is 0 Å². The Hall–Kier alpha value is -0.930. The number of hydrogen-bond donors (Lipinski definition) is 1. The first-order valence-corrected chi connectivity index (χ1v) is 5.60. The van der Waals surface area contributed by atoms with Gasteiger partial charge in [0.15, 0.2) is 0 Å². The summed E-state index contributed by atoms with van der Waals surface area (Å²) in [6, 6.07) is 6.29. The lowest BCUT2D eigenvalue weighted by molar-refractivity contribution is 0.768. The molecule has 2 aromatic rings. The number of fused-ring (bicyclic) bond motifs is 1. The molecule has 2 rings (SSSR count). The average Bonchev–Trinajstić information content (AvgIpc) is 2.62. The molecular weight excluding hydrogens is 192 g/mol. The van der Waals surface area contributed by atoms with Crippen molar-refractivity contribution in [3.63, 3.8) is 0 Å². The summed E-state index contributed by atoms with van der Waals surface area (Å²) < 4.78 is 1.26. The number of rotatable bonds is 2. The van der Waals surface area contributed by atoms with Crippen LogP contribution in [0.4, 0.5) is 0 Å². The summed E-state index contributed by atoms with van der Waals surface area (Å²) in [6.45, 7) is 4.88. The van der Waals surface area contributed by atoms with Crippen molar-refractivity contribution in [1.82, 2.24) is 4.98 Å². The predicted octanol–water partition coefficient (Wildman–Crippen LogP) is 2.67. The van der Waals surface area contributed by atoms with Crippen LogP contribution < -0.4 is 5.73 Å². The normalized spacial score (nSPS) is 13.4. The monoisotopic (exact) mass is 206 g/mol. The lowest BCUT2D eigenvalue weighted by Gasteiger charge is -2.01. The highest BCUT2D eigenvalue weighted by Crippen LogP contribution is 2.28. The second-order valence-corrected chi connectivity index (χ2v) is 4.67. The van der Waals surface area contributed by atoms with Gasteiger partial charge in [-0.25, -0.2) is 4.98 Å². The van der Waals surface area contributed by atoms with Gasteiger partial charge >= 0.3 is 0 Å². The Balaban J connectivity index is 2.56. The molecule has 0 spiro atoms. The van der Waals surface area contributed by atoms with Crippen molar-refractivity contribution in [2.75, 3.05) is 6.54 Å². The molecule has 0 aliphatic heterocycles. The van der Waals surface area contributed by atoms with Gasteiger partial charge in [0.05, 0.1) is 15.2 Å². The smallest absolute Gasteiger partial charge is 0.0979 e. The van der Waals surface area contributed by atoms with Crippen LogP contribution in [-0.2, 0) is 0 Å². The molecule has 1 aromatic carbocycles. The van der Waals surface area contributed by atoms with Crippen LogP contribution in [0.25, 0.3) is 10.2 Å². The minimum Gasteiger partial charge on any atom is -0.330 e. The van der Waals surface area contributed by atoms with Crippen molar-refractivity contribution in [2.24, 2.45) is 5.73 Å². The number of aromatic nitrogens is 1. The molecule has 0 aliphatic rings. The molecule has 0 bridgehead atoms. The first-order valence-electron chi connectivity index (χ1n) is 4.78. The van der Waals surface area contributed by atoms with Gasteiger partial charge in [-0.2, -0.15) is 0 Å². The van der Waals surface area contributed by atoms with Crippen LogP contribution in [0.3, 0.4) is 0 Å². The molecule has 1 atom stereocenters. The molecule has 1 unspecified atom stereocenters. The summed E-state index contributed by atoms with van der Waals surface area (Å²) in [5, 5.41) is 1.15. The third kappa shape index (κ3) is 1.53.